The smallest absolute Gasteiger partial charge is 0.306 e. The maximum absolute atomic E-state index is 12.9. The van der Waals surface area contributed by atoms with Gasteiger partial charge in [-0.15, -0.1) is 0 Å². The summed E-state index contributed by atoms with van der Waals surface area (Å²) in [5, 5.41) is 0. The maximum Gasteiger partial charge on any atom is 0.306 e. The van der Waals surface area contributed by atoms with Crippen LogP contribution in [0.5, 0.6) is 0 Å². The highest BCUT2D eigenvalue weighted by Gasteiger charge is 2.19. The first-order chi connectivity index (χ1) is 40.5. The van der Waals surface area contributed by atoms with Crippen LogP contribution in [0.2, 0.25) is 0 Å². The standard InChI is InChI=1S/C76H128O6/c1-4-7-10-13-16-19-22-25-28-31-34-35-36-37-38-39-40-41-43-45-48-51-54-57-60-63-66-69-75(78)81-72-73(71-80-74(77)68-65-62-59-56-53-50-47-44-33-30-27-24-21-18-15-12-9-6-3)82-76(79)70-67-64-61-58-55-52-49-46-42-32-29-26-23-20-17-14-11-8-5-2/h8,11,17,20,22,25-26,29-31,33-34,36-37,42,46,52,55,61,64,73H,4-7,9-10,12-16,18-19,21,23-24,27-28,32,35,38-41,43-45,47-51,53-54,56-60,62-63,65-72H2,1-3H3/b11-8-,20-17-,25-22-,29-26-,33-30-,34-31-,37-36-,46-42-,55-52-,64-61-. The molecule has 0 rings (SSSR count). The SMILES string of the molecule is CC/C=C\C/C=C\C/C=C\C/C=C\C/C=C\C/C=C\CCC(=O)OC(COC(=O)CCCCCCCCC/C=C\CCCCCCCCC)COC(=O)CCCCCCCCCCCCCC/C=C\C/C=C\C/C=C\CCCCCCC. The van der Waals surface area contributed by atoms with Gasteiger partial charge in [0.25, 0.3) is 0 Å². The summed E-state index contributed by atoms with van der Waals surface area (Å²) in [6, 6.07) is 0. The zero-order valence-electron chi connectivity index (χ0n) is 53.7. The normalized spacial score (nSPS) is 12.9. The number of carbonyl (C=O) groups excluding carboxylic acids is 3. The molecule has 0 radical (unpaired) electrons. The van der Waals surface area contributed by atoms with E-state index in [1.165, 1.54) is 186 Å². The van der Waals surface area contributed by atoms with Crippen LogP contribution in [0.25, 0.3) is 0 Å². The average molecular weight is 1140 g/mol. The highest BCUT2D eigenvalue weighted by Crippen LogP contribution is 2.16. The second-order valence-electron chi connectivity index (χ2n) is 22.7. The third-order valence-corrected chi connectivity index (χ3v) is 14.7. The van der Waals surface area contributed by atoms with Crippen LogP contribution >= 0.6 is 0 Å². The van der Waals surface area contributed by atoms with Gasteiger partial charge in [-0.2, -0.15) is 0 Å². The van der Waals surface area contributed by atoms with Crippen molar-refractivity contribution in [3.8, 4) is 0 Å². The van der Waals surface area contributed by atoms with Crippen molar-refractivity contribution in [2.45, 2.75) is 329 Å². The molecule has 6 heteroatoms. The van der Waals surface area contributed by atoms with Gasteiger partial charge in [0.2, 0.25) is 0 Å². The van der Waals surface area contributed by atoms with Crippen molar-refractivity contribution in [2.75, 3.05) is 13.2 Å². The first-order valence-corrected chi connectivity index (χ1v) is 34.5. The topological polar surface area (TPSA) is 78.9 Å². The Hall–Kier alpha value is -4.19. The number of rotatable bonds is 62. The molecule has 82 heavy (non-hydrogen) atoms. The van der Waals surface area contributed by atoms with Crippen LogP contribution < -0.4 is 0 Å². The molecule has 468 valence electrons. The highest BCUT2D eigenvalue weighted by atomic mass is 16.6. The van der Waals surface area contributed by atoms with Crippen LogP contribution in [0.1, 0.15) is 323 Å². The Morgan fingerprint density at radius 1 is 0.256 bits per heavy atom. The zero-order valence-corrected chi connectivity index (χ0v) is 53.7. The summed E-state index contributed by atoms with van der Waals surface area (Å²) in [6.45, 7) is 6.47. The fraction of sp³-hybridized carbons (Fsp3) is 0.697. The molecule has 0 aromatic carbocycles. The lowest BCUT2D eigenvalue weighted by Gasteiger charge is -2.18. The van der Waals surface area contributed by atoms with Gasteiger partial charge in [-0.25, -0.2) is 0 Å². The van der Waals surface area contributed by atoms with Gasteiger partial charge in [-0.3, -0.25) is 14.4 Å². The van der Waals surface area contributed by atoms with Gasteiger partial charge in [-0.1, -0.05) is 303 Å². The Balaban J connectivity index is 4.43. The lowest BCUT2D eigenvalue weighted by molar-refractivity contribution is -0.166. The lowest BCUT2D eigenvalue weighted by Crippen LogP contribution is -2.30. The van der Waals surface area contributed by atoms with E-state index in [9.17, 15) is 14.4 Å². The molecule has 0 aromatic heterocycles. The number of unbranched alkanes of at least 4 members (excludes halogenated alkanes) is 31. The van der Waals surface area contributed by atoms with Crippen molar-refractivity contribution in [3.63, 3.8) is 0 Å². The fourth-order valence-electron chi connectivity index (χ4n) is 9.53. The molecule has 0 heterocycles. The molecule has 0 aromatic rings. The van der Waals surface area contributed by atoms with E-state index in [-0.39, 0.29) is 31.6 Å². The molecule has 1 atom stereocenters. The van der Waals surface area contributed by atoms with E-state index >= 15 is 0 Å². The number of hydrogen-bond acceptors (Lipinski definition) is 6. The van der Waals surface area contributed by atoms with Crippen molar-refractivity contribution in [1.29, 1.82) is 0 Å². The number of esters is 3. The van der Waals surface area contributed by atoms with Crippen LogP contribution in [0.3, 0.4) is 0 Å². The highest BCUT2D eigenvalue weighted by molar-refractivity contribution is 5.71. The average Bonchev–Trinajstić information content (AvgIpc) is 3.47. The Labute approximate surface area is 507 Å². The summed E-state index contributed by atoms with van der Waals surface area (Å²) in [5.41, 5.74) is 0. The second-order valence-corrected chi connectivity index (χ2v) is 22.7. The lowest BCUT2D eigenvalue weighted by atomic mass is 10.0. The first kappa shape index (κ1) is 77.8. The minimum Gasteiger partial charge on any atom is -0.462 e. The van der Waals surface area contributed by atoms with E-state index in [0.717, 1.165) is 89.9 Å². The molecule has 1 unspecified atom stereocenters. The minimum atomic E-state index is -0.826. The van der Waals surface area contributed by atoms with Crippen molar-refractivity contribution in [1.82, 2.24) is 0 Å². The largest absolute Gasteiger partial charge is 0.462 e. The van der Waals surface area contributed by atoms with Gasteiger partial charge in [0, 0.05) is 19.3 Å². The summed E-state index contributed by atoms with van der Waals surface area (Å²) in [7, 11) is 0. The molecule has 0 N–H and O–H groups in total. The van der Waals surface area contributed by atoms with E-state index in [0.29, 0.717) is 19.3 Å². The molecule has 0 bridgehead atoms. The molecule has 0 aliphatic carbocycles. The predicted molar refractivity (Wildman–Crippen MR) is 357 cm³/mol. The van der Waals surface area contributed by atoms with Gasteiger partial charge in [0.1, 0.15) is 13.2 Å². The zero-order chi connectivity index (χ0) is 59.2. The van der Waals surface area contributed by atoms with E-state index in [2.05, 4.69) is 136 Å². The van der Waals surface area contributed by atoms with Gasteiger partial charge in [0.15, 0.2) is 6.10 Å². The van der Waals surface area contributed by atoms with Crippen molar-refractivity contribution in [3.05, 3.63) is 122 Å². The fourth-order valence-corrected chi connectivity index (χ4v) is 9.53. The summed E-state index contributed by atoms with van der Waals surface area (Å²) in [5.74, 6) is -0.994. The third-order valence-electron chi connectivity index (χ3n) is 14.7. The Bertz CT molecular complexity index is 1690. The van der Waals surface area contributed by atoms with Gasteiger partial charge < -0.3 is 14.2 Å². The molecular weight excluding hydrogens is 1010 g/mol. The third kappa shape index (κ3) is 66.6. The maximum atomic E-state index is 12.9. The predicted octanol–water partition coefficient (Wildman–Crippen LogP) is 23.9. The molecule has 0 aliphatic heterocycles. The Morgan fingerprint density at radius 3 is 0.805 bits per heavy atom. The van der Waals surface area contributed by atoms with E-state index < -0.39 is 12.1 Å². The number of allylic oxidation sites excluding steroid dienone is 20. The van der Waals surface area contributed by atoms with Crippen molar-refractivity contribution < 1.29 is 28.6 Å². The quantitative estimate of drug-likeness (QED) is 0.0261. The molecule has 0 spiro atoms. The Morgan fingerprint density at radius 2 is 0.500 bits per heavy atom. The van der Waals surface area contributed by atoms with Gasteiger partial charge in [0.05, 0.1) is 0 Å². The molecule has 0 saturated carbocycles. The summed E-state index contributed by atoms with van der Waals surface area (Å²) < 4.78 is 16.9. The van der Waals surface area contributed by atoms with Crippen molar-refractivity contribution >= 4 is 17.9 Å². The van der Waals surface area contributed by atoms with E-state index in [4.69, 9.17) is 14.2 Å². The summed E-state index contributed by atoms with van der Waals surface area (Å²) >= 11 is 0. The van der Waals surface area contributed by atoms with Crippen LogP contribution in [-0.4, -0.2) is 37.2 Å². The van der Waals surface area contributed by atoms with Crippen LogP contribution in [0.4, 0.5) is 0 Å². The van der Waals surface area contributed by atoms with Crippen LogP contribution in [0.15, 0.2) is 122 Å². The minimum absolute atomic E-state index is 0.112. The number of ether oxygens (including phenoxy) is 3. The second kappa shape index (κ2) is 69.3. The number of hydrogen-bond donors (Lipinski definition) is 0. The summed E-state index contributed by atoms with van der Waals surface area (Å²) in [6.07, 6.45) is 96.6. The van der Waals surface area contributed by atoms with Gasteiger partial charge in [-0.05, 0) is 122 Å². The summed E-state index contributed by atoms with van der Waals surface area (Å²) in [4.78, 5) is 38.4. The first-order valence-electron chi connectivity index (χ1n) is 34.5. The monoisotopic (exact) mass is 1140 g/mol. The van der Waals surface area contributed by atoms with Crippen LogP contribution in [-0.2, 0) is 28.6 Å². The molecule has 0 fully saturated rings. The molecular formula is C76H128O6. The van der Waals surface area contributed by atoms with E-state index in [1.54, 1.807) is 0 Å². The van der Waals surface area contributed by atoms with E-state index in [1.807, 2.05) is 6.08 Å². The number of carbonyl (C=O) groups is 3. The van der Waals surface area contributed by atoms with Crippen molar-refractivity contribution in [2.24, 2.45) is 0 Å². The Kier molecular flexibility index (Phi) is 65.8. The molecule has 6 nitrogen and oxygen atoms in total. The molecule has 0 saturated heterocycles. The molecule has 0 aliphatic rings. The van der Waals surface area contributed by atoms with Gasteiger partial charge >= 0.3 is 17.9 Å². The molecule has 0 amide bonds. The van der Waals surface area contributed by atoms with Crippen LogP contribution in [0, 0.1) is 0 Å².